The fourth-order valence-electron chi connectivity index (χ4n) is 4.24. The van der Waals surface area contributed by atoms with Crippen LogP contribution in [0.15, 0.2) is 0 Å². The molecule has 2 rings (SSSR count). The van der Waals surface area contributed by atoms with Gasteiger partial charge in [0.2, 0.25) is 0 Å². The van der Waals surface area contributed by atoms with Crippen molar-refractivity contribution in [2.75, 3.05) is 13.2 Å². The van der Waals surface area contributed by atoms with Gasteiger partial charge in [-0.2, -0.15) is 0 Å². The van der Waals surface area contributed by atoms with E-state index >= 15 is 0 Å². The number of nitrogens with one attached hydrogen (secondary N) is 1. The second kappa shape index (κ2) is 7.08. The Balaban J connectivity index is 1.78. The van der Waals surface area contributed by atoms with Crippen LogP contribution in [0.3, 0.4) is 0 Å². The monoisotopic (exact) mass is 267 g/mol. The van der Waals surface area contributed by atoms with Crippen LogP contribution < -0.4 is 5.32 Å². The van der Waals surface area contributed by atoms with Crippen molar-refractivity contribution in [3.05, 3.63) is 0 Å². The molecule has 0 bridgehead atoms. The van der Waals surface area contributed by atoms with Crippen LogP contribution >= 0.6 is 0 Å². The lowest BCUT2D eigenvalue weighted by Gasteiger charge is -2.35. The Morgan fingerprint density at radius 1 is 1.26 bits per heavy atom. The molecule has 2 heteroatoms. The van der Waals surface area contributed by atoms with E-state index in [-0.39, 0.29) is 0 Å². The van der Waals surface area contributed by atoms with E-state index in [2.05, 4.69) is 26.1 Å². The van der Waals surface area contributed by atoms with Gasteiger partial charge in [-0.3, -0.25) is 0 Å². The minimum atomic E-state index is 0.538. The molecule has 1 heterocycles. The summed E-state index contributed by atoms with van der Waals surface area (Å²) in [5.41, 5.74) is 0.538. The third-order valence-corrected chi connectivity index (χ3v) is 5.36. The summed E-state index contributed by atoms with van der Waals surface area (Å²) in [4.78, 5) is 0. The quantitative estimate of drug-likeness (QED) is 0.748. The van der Waals surface area contributed by atoms with Gasteiger partial charge in [0.25, 0.3) is 0 Å². The third kappa shape index (κ3) is 4.19. The highest BCUT2D eigenvalue weighted by Crippen LogP contribution is 2.45. The van der Waals surface area contributed by atoms with Gasteiger partial charge in [0, 0.05) is 12.6 Å². The summed E-state index contributed by atoms with van der Waals surface area (Å²) in [6.07, 6.45) is 11.3. The predicted molar refractivity (Wildman–Crippen MR) is 81.4 cm³/mol. The highest BCUT2D eigenvalue weighted by molar-refractivity contribution is 4.92. The zero-order valence-corrected chi connectivity index (χ0v) is 13.2. The topological polar surface area (TPSA) is 21.3 Å². The molecule has 2 fully saturated rings. The smallest absolute Gasteiger partial charge is 0.0576 e. The summed E-state index contributed by atoms with van der Waals surface area (Å²) in [7, 11) is 0. The van der Waals surface area contributed by atoms with Crippen molar-refractivity contribution in [3.8, 4) is 0 Å². The second-order valence-electron chi connectivity index (χ2n) is 7.22. The second-order valence-corrected chi connectivity index (χ2v) is 7.22. The molecule has 112 valence electrons. The van der Waals surface area contributed by atoms with E-state index in [9.17, 15) is 0 Å². The number of hydrogen-bond acceptors (Lipinski definition) is 2. The maximum Gasteiger partial charge on any atom is 0.0576 e. The number of rotatable bonds is 7. The van der Waals surface area contributed by atoms with Gasteiger partial charge in [0.1, 0.15) is 0 Å². The van der Waals surface area contributed by atoms with E-state index in [1.54, 1.807) is 0 Å². The molecular formula is C17H33NO. The summed E-state index contributed by atoms with van der Waals surface area (Å²) in [6, 6.07) is 0.726. The van der Waals surface area contributed by atoms with Gasteiger partial charge in [-0.15, -0.1) is 0 Å². The van der Waals surface area contributed by atoms with Crippen molar-refractivity contribution < 1.29 is 4.74 Å². The SMILES string of the molecule is CCNC(CCCC1CCCO1)C1CCCC1(C)C. The first kappa shape index (κ1) is 15.3. The summed E-state index contributed by atoms with van der Waals surface area (Å²) in [6.45, 7) is 9.29. The fourth-order valence-corrected chi connectivity index (χ4v) is 4.24. The molecule has 2 aliphatic rings. The lowest BCUT2D eigenvalue weighted by Crippen LogP contribution is -2.40. The van der Waals surface area contributed by atoms with Crippen LogP contribution in [0, 0.1) is 11.3 Å². The van der Waals surface area contributed by atoms with Crippen molar-refractivity contribution in [3.63, 3.8) is 0 Å². The van der Waals surface area contributed by atoms with Crippen LogP contribution in [0.5, 0.6) is 0 Å². The molecule has 1 saturated heterocycles. The van der Waals surface area contributed by atoms with E-state index in [1.165, 1.54) is 51.4 Å². The lowest BCUT2D eigenvalue weighted by atomic mass is 9.76. The highest BCUT2D eigenvalue weighted by atomic mass is 16.5. The van der Waals surface area contributed by atoms with Gasteiger partial charge in [-0.1, -0.05) is 27.2 Å². The molecule has 19 heavy (non-hydrogen) atoms. The zero-order chi connectivity index (χ0) is 13.7. The summed E-state index contributed by atoms with van der Waals surface area (Å²) < 4.78 is 5.74. The maximum atomic E-state index is 5.74. The van der Waals surface area contributed by atoms with Crippen molar-refractivity contribution in [1.29, 1.82) is 0 Å². The van der Waals surface area contributed by atoms with Crippen molar-refractivity contribution in [2.45, 2.75) is 84.3 Å². The Bertz CT molecular complexity index is 258. The average Bonchev–Trinajstić information content (AvgIpc) is 2.97. The summed E-state index contributed by atoms with van der Waals surface area (Å²) in [5.74, 6) is 0.872. The zero-order valence-electron chi connectivity index (χ0n) is 13.2. The van der Waals surface area contributed by atoms with Crippen LogP contribution in [0.4, 0.5) is 0 Å². The first-order chi connectivity index (χ1) is 9.13. The van der Waals surface area contributed by atoms with Crippen molar-refractivity contribution in [2.24, 2.45) is 11.3 Å². The summed E-state index contributed by atoms with van der Waals surface area (Å²) in [5, 5.41) is 3.76. The van der Waals surface area contributed by atoms with Crippen LogP contribution in [0.2, 0.25) is 0 Å². The molecular weight excluding hydrogens is 234 g/mol. The number of hydrogen-bond donors (Lipinski definition) is 1. The largest absolute Gasteiger partial charge is 0.378 e. The molecule has 0 aromatic carbocycles. The standard InChI is InChI=1S/C17H33NO/c1-4-18-16(15-10-6-12-17(15,2)3)11-5-8-14-9-7-13-19-14/h14-16,18H,4-13H2,1-3H3. The minimum absolute atomic E-state index is 0.538. The van der Waals surface area contributed by atoms with E-state index in [4.69, 9.17) is 4.74 Å². The van der Waals surface area contributed by atoms with Crippen LogP contribution in [0.1, 0.15) is 72.1 Å². The van der Waals surface area contributed by atoms with Gasteiger partial charge in [0.05, 0.1) is 6.10 Å². The van der Waals surface area contributed by atoms with Crippen LogP contribution in [-0.2, 0) is 4.74 Å². The Hall–Kier alpha value is -0.0800. The Labute approximate surface area is 119 Å². The maximum absolute atomic E-state index is 5.74. The first-order valence-electron chi connectivity index (χ1n) is 8.48. The van der Waals surface area contributed by atoms with Gasteiger partial charge in [-0.25, -0.2) is 0 Å². The van der Waals surface area contributed by atoms with Crippen molar-refractivity contribution in [1.82, 2.24) is 5.32 Å². The Morgan fingerprint density at radius 2 is 2.11 bits per heavy atom. The molecule has 1 saturated carbocycles. The number of ether oxygens (including phenoxy) is 1. The van der Waals surface area contributed by atoms with Gasteiger partial charge in [-0.05, 0) is 62.8 Å². The van der Waals surface area contributed by atoms with Gasteiger partial charge < -0.3 is 10.1 Å². The molecule has 0 spiro atoms. The van der Waals surface area contributed by atoms with E-state index in [0.29, 0.717) is 11.5 Å². The van der Waals surface area contributed by atoms with Gasteiger partial charge in [0.15, 0.2) is 0 Å². The molecule has 0 radical (unpaired) electrons. The lowest BCUT2D eigenvalue weighted by molar-refractivity contribution is 0.0987. The Morgan fingerprint density at radius 3 is 2.68 bits per heavy atom. The molecule has 3 atom stereocenters. The molecule has 1 aliphatic heterocycles. The van der Waals surface area contributed by atoms with Gasteiger partial charge >= 0.3 is 0 Å². The normalized spacial score (nSPS) is 31.7. The first-order valence-corrected chi connectivity index (χ1v) is 8.48. The highest BCUT2D eigenvalue weighted by Gasteiger charge is 2.38. The van der Waals surface area contributed by atoms with Crippen LogP contribution in [0.25, 0.3) is 0 Å². The molecule has 1 aliphatic carbocycles. The van der Waals surface area contributed by atoms with E-state index < -0.39 is 0 Å². The van der Waals surface area contributed by atoms with E-state index in [0.717, 1.165) is 25.1 Å². The molecule has 0 aromatic rings. The summed E-state index contributed by atoms with van der Waals surface area (Å²) >= 11 is 0. The van der Waals surface area contributed by atoms with Crippen LogP contribution in [-0.4, -0.2) is 25.3 Å². The van der Waals surface area contributed by atoms with Crippen molar-refractivity contribution >= 4 is 0 Å². The Kier molecular flexibility index (Phi) is 5.70. The molecule has 0 amide bonds. The molecule has 1 N–H and O–H groups in total. The van der Waals surface area contributed by atoms with E-state index in [1.807, 2.05) is 0 Å². The third-order valence-electron chi connectivity index (χ3n) is 5.36. The molecule has 2 nitrogen and oxygen atoms in total. The average molecular weight is 267 g/mol. The predicted octanol–water partition coefficient (Wildman–Crippen LogP) is 4.14. The molecule has 3 unspecified atom stereocenters. The minimum Gasteiger partial charge on any atom is -0.378 e. The fraction of sp³-hybridized carbons (Fsp3) is 1.00. The molecule has 0 aromatic heterocycles.